The van der Waals surface area contributed by atoms with E-state index in [4.69, 9.17) is 4.74 Å². The number of nitrogens with one attached hydrogen (secondary N) is 1. The van der Waals surface area contributed by atoms with Crippen molar-refractivity contribution >= 4 is 0 Å². The van der Waals surface area contributed by atoms with E-state index >= 15 is 0 Å². The van der Waals surface area contributed by atoms with E-state index in [1.54, 1.807) is 0 Å². The lowest BCUT2D eigenvalue weighted by atomic mass is 10.0. The number of hydrogen-bond acceptors (Lipinski definition) is 3. The van der Waals surface area contributed by atoms with Crippen molar-refractivity contribution in [3.05, 3.63) is 0 Å². The Morgan fingerprint density at radius 3 is 2.88 bits per heavy atom. The highest BCUT2D eigenvalue weighted by Crippen LogP contribution is 2.09. The van der Waals surface area contributed by atoms with Crippen molar-refractivity contribution in [1.82, 2.24) is 10.2 Å². The van der Waals surface area contributed by atoms with E-state index in [-0.39, 0.29) is 0 Å². The van der Waals surface area contributed by atoms with Gasteiger partial charge in [-0.25, -0.2) is 0 Å². The summed E-state index contributed by atoms with van der Waals surface area (Å²) in [6.07, 6.45) is 3.67. The molecule has 17 heavy (non-hydrogen) atoms. The van der Waals surface area contributed by atoms with Gasteiger partial charge in [0.05, 0.1) is 6.61 Å². The first-order chi connectivity index (χ1) is 8.22. The smallest absolute Gasteiger partial charge is 0.0593 e. The Morgan fingerprint density at radius 2 is 2.18 bits per heavy atom. The third-order valence-electron chi connectivity index (χ3n) is 3.22. The molecule has 1 heterocycles. The topological polar surface area (TPSA) is 24.5 Å². The Balaban J connectivity index is 2.22. The molecule has 0 bridgehead atoms. The zero-order valence-electron chi connectivity index (χ0n) is 11.9. The summed E-state index contributed by atoms with van der Waals surface area (Å²) in [4.78, 5) is 2.56. The average Bonchev–Trinajstić information content (AvgIpc) is 2.49. The van der Waals surface area contributed by atoms with Gasteiger partial charge in [0.25, 0.3) is 0 Å². The molecule has 0 aromatic rings. The molecule has 0 amide bonds. The maximum absolute atomic E-state index is 5.58. The summed E-state index contributed by atoms with van der Waals surface area (Å²) in [5.74, 6) is 0.781. The van der Waals surface area contributed by atoms with E-state index in [2.05, 4.69) is 31.0 Å². The number of hydrogen-bond donors (Lipinski definition) is 1. The molecule has 1 unspecified atom stereocenters. The summed E-state index contributed by atoms with van der Waals surface area (Å²) in [6.45, 7) is 13.2. The lowest BCUT2D eigenvalue weighted by Gasteiger charge is -2.25. The van der Waals surface area contributed by atoms with Crippen molar-refractivity contribution in [2.24, 2.45) is 5.92 Å². The normalized spacial score (nSPS) is 22.9. The van der Waals surface area contributed by atoms with E-state index in [1.807, 2.05) is 0 Å². The Labute approximate surface area is 107 Å². The predicted octanol–water partition coefficient (Wildman–Crippen LogP) is 2.12. The highest BCUT2D eigenvalue weighted by Gasteiger charge is 2.17. The van der Waals surface area contributed by atoms with Gasteiger partial charge in [-0.05, 0) is 38.3 Å². The molecule has 0 radical (unpaired) electrons. The fourth-order valence-electron chi connectivity index (χ4n) is 2.45. The lowest BCUT2D eigenvalue weighted by Crippen LogP contribution is -2.39. The first-order valence-corrected chi connectivity index (χ1v) is 7.25. The van der Waals surface area contributed by atoms with Gasteiger partial charge in [0, 0.05) is 25.7 Å². The highest BCUT2D eigenvalue weighted by atomic mass is 16.5. The van der Waals surface area contributed by atoms with Crippen molar-refractivity contribution in [2.45, 2.75) is 46.1 Å². The third-order valence-corrected chi connectivity index (χ3v) is 3.22. The quantitative estimate of drug-likeness (QED) is 0.692. The van der Waals surface area contributed by atoms with Gasteiger partial charge in [-0.2, -0.15) is 0 Å². The molecule has 1 aliphatic heterocycles. The minimum atomic E-state index is 0.670. The van der Waals surface area contributed by atoms with Crippen LogP contribution in [0.25, 0.3) is 0 Å². The van der Waals surface area contributed by atoms with Crippen LogP contribution in [0.2, 0.25) is 0 Å². The van der Waals surface area contributed by atoms with Crippen LogP contribution < -0.4 is 5.32 Å². The molecule has 0 aromatic heterocycles. The first-order valence-electron chi connectivity index (χ1n) is 7.25. The van der Waals surface area contributed by atoms with E-state index in [0.717, 1.165) is 32.1 Å². The zero-order chi connectivity index (χ0) is 12.5. The molecule has 1 fully saturated rings. The van der Waals surface area contributed by atoms with Crippen molar-refractivity contribution in [2.75, 3.05) is 39.4 Å². The van der Waals surface area contributed by atoms with Crippen molar-refractivity contribution < 1.29 is 4.74 Å². The van der Waals surface area contributed by atoms with Crippen LogP contribution in [0.3, 0.4) is 0 Å². The number of nitrogens with zero attached hydrogens (tertiary/aromatic N) is 1. The van der Waals surface area contributed by atoms with Crippen molar-refractivity contribution in [3.8, 4) is 0 Å². The summed E-state index contributed by atoms with van der Waals surface area (Å²) in [5, 5.41) is 3.66. The van der Waals surface area contributed by atoms with Crippen LogP contribution in [-0.4, -0.2) is 50.3 Å². The molecule has 3 heteroatoms. The summed E-state index contributed by atoms with van der Waals surface area (Å²) in [6, 6.07) is 0.670. The van der Waals surface area contributed by atoms with Gasteiger partial charge in [-0.3, -0.25) is 4.90 Å². The van der Waals surface area contributed by atoms with Gasteiger partial charge < -0.3 is 10.1 Å². The van der Waals surface area contributed by atoms with E-state index in [1.165, 1.54) is 32.5 Å². The molecule has 1 saturated heterocycles. The Bertz CT molecular complexity index is 185. The van der Waals surface area contributed by atoms with Gasteiger partial charge in [0.15, 0.2) is 0 Å². The highest BCUT2D eigenvalue weighted by molar-refractivity contribution is 4.77. The minimum absolute atomic E-state index is 0.670. The molecular weight excluding hydrogens is 212 g/mol. The van der Waals surface area contributed by atoms with Gasteiger partial charge in [-0.1, -0.05) is 20.8 Å². The second kappa shape index (κ2) is 8.90. The second-order valence-corrected chi connectivity index (χ2v) is 5.55. The molecule has 0 spiro atoms. The Kier molecular flexibility index (Phi) is 7.82. The van der Waals surface area contributed by atoms with Crippen LogP contribution in [-0.2, 0) is 4.74 Å². The predicted molar refractivity (Wildman–Crippen MR) is 73.4 cm³/mol. The van der Waals surface area contributed by atoms with Crippen LogP contribution in [0.15, 0.2) is 0 Å². The molecule has 1 rings (SSSR count). The average molecular weight is 242 g/mol. The fraction of sp³-hybridized carbons (Fsp3) is 1.00. The Hall–Kier alpha value is -0.120. The number of ether oxygens (including phenoxy) is 1. The van der Waals surface area contributed by atoms with E-state index in [0.29, 0.717) is 6.04 Å². The summed E-state index contributed by atoms with van der Waals surface area (Å²) in [5.41, 5.74) is 0. The van der Waals surface area contributed by atoms with Crippen molar-refractivity contribution in [1.29, 1.82) is 0 Å². The molecule has 0 saturated carbocycles. The number of rotatable bonds is 7. The maximum Gasteiger partial charge on any atom is 0.0593 e. The molecule has 1 atom stereocenters. The lowest BCUT2D eigenvalue weighted by molar-refractivity contribution is 0.102. The van der Waals surface area contributed by atoms with Crippen LogP contribution in [0.1, 0.15) is 40.0 Å². The van der Waals surface area contributed by atoms with Crippen LogP contribution in [0, 0.1) is 5.92 Å². The maximum atomic E-state index is 5.58. The first kappa shape index (κ1) is 14.9. The van der Waals surface area contributed by atoms with E-state index < -0.39 is 0 Å². The van der Waals surface area contributed by atoms with Crippen LogP contribution in [0.5, 0.6) is 0 Å². The van der Waals surface area contributed by atoms with Gasteiger partial charge in [0.2, 0.25) is 0 Å². The molecular formula is C14H30N2O. The minimum Gasteiger partial charge on any atom is -0.380 e. The van der Waals surface area contributed by atoms with E-state index in [9.17, 15) is 0 Å². The fourth-order valence-corrected chi connectivity index (χ4v) is 2.45. The standard InChI is InChI=1S/C14H30N2O/c1-4-9-17-10-8-16-7-5-6-15-14(12-16)11-13(2)3/h13-15H,4-12H2,1-3H3. The second-order valence-electron chi connectivity index (χ2n) is 5.55. The van der Waals surface area contributed by atoms with Crippen LogP contribution in [0.4, 0.5) is 0 Å². The summed E-state index contributed by atoms with van der Waals surface area (Å²) >= 11 is 0. The van der Waals surface area contributed by atoms with Gasteiger partial charge >= 0.3 is 0 Å². The van der Waals surface area contributed by atoms with Gasteiger partial charge in [-0.15, -0.1) is 0 Å². The molecule has 0 aromatic carbocycles. The summed E-state index contributed by atoms with van der Waals surface area (Å²) < 4.78 is 5.58. The SMILES string of the molecule is CCCOCCN1CCCNC(CC(C)C)C1. The molecule has 1 N–H and O–H groups in total. The zero-order valence-corrected chi connectivity index (χ0v) is 11.9. The largest absolute Gasteiger partial charge is 0.380 e. The van der Waals surface area contributed by atoms with Crippen molar-refractivity contribution in [3.63, 3.8) is 0 Å². The third kappa shape index (κ3) is 7.02. The summed E-state index contributed by atoms with van der Waals surface area (Å²) in [7, 11) is 0. The molecule has 3 nitrogen and oxygen atoms in total. The van der Waals surface area contributed by atoms with Crippen LogP contribution >= 0.6 is 0 Å². The van der Waals surface area contributed by atoms with Gasteiger partial charge in [0.1, 0.15) is 0 Å². The monoisotopic (exact) mass is 242 g/mol. The Morgan fingerprint density at radius 1 is 1.35 bits per heavy atom. The molecule has 102 valence electrons. The molecule has 0 aliphatic carbocycles. The molecule has 1 aliphatic rings.